The average molecular weight is 348 g/mol. The number of nitrogens with zero attached hydrogens (tertiary/aromatic N) is 2. The number of benzene rings is 2. The molecule has 0 spiro atoms. The van der Waals surface area contributed by atoms with Crippen molar-refractivity contribution in [1.29, 1.82) is 0 Å². The summed E-state index contributed by atoms with van der Waals surface area (Å²) in [6.07, 6.45) is 0.903. The van der Waals surface area contributed by atoms with Crippen molar-refractivity contribution in [3.63, 3.8) is 0 Å². The van der Waals surface area contributed by atoms with Crippen LogP contribution in [0, 0.1) is 10.1 Å². The third kappa shape index (κ3) is 3.00. The molecule has 0 saturated heterocycles. The van der Waals surface area contributed by atoms with Crippen LogP contribution in [-0.4, -0.2) is 16.1 Å². The number of fused-ring (bicyclic) bond motifs is 1. The minimum absolute atomic E-state index is 0.0328. The number of thiocarbonyl (C=S) groups is 1. The molecule has 2 aromatic carbocycles. The first-order chi connectivity index (χ1) is 11.0. The molecular formula is C16H14ClN3O2S. The molecule has 1 heterocycles. The lowest BCUT2D eigenvalue weighted by Crippen LogP contribution is -2.38. The van der Waals surface area contributed by atoms with E-state index in [0.29, 0.717) is 15.8 Å². The van der Waals surface area contributed by atoms with E-state index in [4.69, 9.17) is 23.8 Å². The van der Waals surface area contributed by atoms with Gasteiger partial charge in [0.05, 0.1) is 15.6 Å². The fourth-order valence-corrected chi connectivity index (χ4v) is 3.33. The fraction of sp³-hybridized carbons (Fsp3) is 0.188. The van der Waals surface area contributed by atoms with Crippen LogP contribution in [0.1, 0.15) is 12.5 Å². The van der Waals surface area contributed by atoms with Crippen LogP contribution < -0.4 is 10.2 Å². The Morgan fingerprint density at radius 1 is 1.39 bits per heavy atom. The summed E-state index contributed by atoms with van der Waals surface area (Å²) in [6, 6.07) is 12.5. The van der Waals surface area contributed by atoms with E-state index in [1.807, 2.05) is 23.1 Å². The van der Waals surface area contributed by atoms with Gasteiger partial charge >= 0.3 is 0 Å². The summed E-state index contributed by atoms with van der Waals surface area (Å²) in [5, 5.41) is 14.8. The van der Waals surface area contributed by atoms with Gasteiger partial charge in [-0.15, -0.1) is 0 Å². The topological polar surface area (TPSA) is 58.4 Å². The van der Waals surface area contributed by atoms with Gasteiger partial charge in [0.15, 0.2) is 5.11 Å². The lowest BCUT2D eigenvalue weighted by Gasteiger charge is -2.26. The number of anilines is 2. The van der Waals surface area contributed by atoms with Gasteiger partial charge in [-0.05, 0) is 43.3 Å². The molecule has 0 fully saturated rings. The number of hydrogen-bond donors (Lipinski definition) is 1. The molecule has 23 heavy (non-hydrogen) atoms. The molecule has 2 aromatic rings. The molecule has 0 aromatic heterocycles. The first-order valence-electron chi connectivity index (χ1n) is 7.09. The van der Waals surface area contributed by atoms with Crippen molar-refractivity contribution >= 4 is 46.0 Å². The third-order valence-corrected chi connectivity index (χ3v) is 4.46. The molecule has 1 unspecified atom stereocenters. The Balaban J connectivity index is 1.88. The van der Waals surface area contributed by atoms with E-state index in [0.717, 1.165) is 12.1 Å². The highest BCUT2D eigenvalue weighted by Gasteiger charge is 2.28. The van der Waals surface area contributed by atoms with Crippen molar-refractivity contribution < 1.29 is 4.92 Å². The molecule has 0 saturated carbocycles. The fourth-order valence-electron chi connectivity index (χ4n) is 2.77. The van der Waals surface area contributed by atoms with Gasteiger partial charge in [0.2, 0.25) is 0 Å². The van der Waals surface area contributed by atoms with Gasteiger partial charge in [0.1, 0.15) is 0 Å². The molecule has 3 rings (SSSR count). The summed E-state index contributed by atoms with van der Waals surface area (Å²) >= 11 is 11.6. The molecule has 7 heteroatoms. The van der Waals surface area contributed by atoms with Crippen molar-refractivity contribution in [2.45, 2.75) is 19.4 Å². The smallest absolute Gasteiger partial charge is 0.271 e. The zero-order valence-electron chi connectivity index (χ0n) is 12.3. The van der Waals surface area contributed by atoms with E-state index in [-0.39, 0.29) is 11.7 Å². The molecule has 0 aliphatic carbocycles. The number of nitro benzene ring substituents is 1. The molecular weight excluding hydrogens is 334 g/mol. The summed E-state index contributed by atoms with van der Waals surface area (Å²) in [4.78, 5) is 12.5. The van der Waals surface area contributed by atoms with Gasteiger partial charge in [-0.2, -0.15) is 0 Å². The molecule has 0 bridgehead atoms. The largest absolute Gasteiger partial charge is 0.331 e. The third-order valence-electron chi connectivity index (χ3n) is 3.83. The van der Waals surface area contributed by atoms with Crippen molar-refractivity contribution in [2.75, 3.05) is 10.2 Å². The number of hydrogen-bond acceptors (Lipinski definition) is 3. The minimum atomic E-state index is -0.460. The van der Waals surface area contributed by atoms with Crippen LogP contribution in [0.2, 0.25) is 5.02 Å². The van der Waals surface area contributed by atoms with E-state index in [9.17, 15) is 10.1 Å². The highest BCUT2D eigenvalue weighted by Crippen LogP contribution is 2.33. The second-order valence-corrected chi connectivity index (χ2v) is 6.20. The van der Waals surface area contributed by atoms with Crippen LogP contribution in [0.25, 0.3) is 0 Å². The maximum absolute atomic E-state index is 10.9. The lowest BCUT2D eigenvalue weighted by molar-refractivity contribution is -0.384. The van der Waals surface area contributed by atoms with Gasteiger partial charge in [0, 0.05) is 23.9 Å². The van der Waals surface area contributed by atoms with Crippen molar-refractivity contribution in [3.8, 4) is 0 Å². The van der Waals surface area contributed by atoms with Gasteiger partial charge < -0.3 is 10.2 Å². The van der Waals surface area contributed by atoms with Crippen LogP contribution in [0.5, 0.6) is 0 Å². The quantitative estimate of drug-likeness (QED) is 0.496. The van der Waals surface area contributed by atoms with Crippen LogP contribution in [0.3, 0.4) is 0 Å². The van der Waals surface area contributed by atoms with E-state index in [1.165, 1.54) is 23.8 Å². The first-order valence-corrected chi connectivity index (χ1v) is 7.88. The maximum Gasteiger partial charge on any atom is 0.271 e. The molecule has 1 aliphatic heterocycles. The van der Waals surface area contributed by atoms with E-state index in [1.54, 1.807) is 0 Å². The molecule has 1 N–H and O–H groups in total. The van der Waals surface area contributed by atoms with Crippen LogP contribution in [-0.2, 0) is 6.42 Å². The summed E-state index contributed by atoms with van der Waals surface area (Å²) < 4.78 is 0. The number of nitro groups is 1. The van der Waals surface area contributed by atoms with Crippen molar-refractivity contribution in [1.82, 2.24) is 0 Å². The molecule has 0 amide bonds. The van der Waals surface area contributed by atoms with Crippen molar-refractivity contribution in [2.24, 2.45) is 0 Å². The Hall–Kier alpha value is -2.18. The number of non-ortho nitro benzene ring substituents is 1. The molecule has 1 aliphatic rings. The molecule has 1 atom stereocenters. The Kier molecular flexibility index (Phi) is 4.19. The van der Waals surface area contributed by atoms with Crippen molar-refractivity contribution in [3.05, 3.63) is 63.2 Å². The van der Waals surface area contributed by atoms with E-state index in [2.05, 4.69) is 18.3 Å². The van der Waals surface area contributed by atoms with E-state index < -0.39 is 4.92 Å². The Morgan fingerprint density at radius 2 is 2.13 bits per heavy atom. The lowest BCUT2D eigenvalue weighted by atomic mass is 10.1. The molecule has 0 radical (unpaired) electrons. The van der Waals surface area contributed by atoms with Gasteiger partial charge in [-0.1, -0.05) is 29.8 Å². The zero-order valence-corrected chi connectivity index (χ0v) is 13.9. The Bertz CT molecular complexity index is 797. The number of nitrogens with one attached hydrogen (secondary N) is 1. The Labute approximate surface area is 144 Å². The zero-order chi connectivity index (χ0) is 16.6. The minimum Gasteiger partial charge on any atom is -0.331 e. The van der Waals surface area contributed by atoms with Crippen LogP contribution >= 0.6 is 23.8 Å². The predicted molar refractivity (Wildman–Crippen MR) is 96.4 cm³/mol. The summed E-state index contributed by atoms with van der Waals surface area (Å²) in [5.41, 5.74) is 2.69. The summed E-state index contributed by atoms with van der Waals surface area (Å²) in [6.45, 7) is 2.09. The maximum atomic E-state index is 10.9. The van der Waals surface area contributed by atoms with Crippen LogP contribution in [0.15, 0.2) is 42.5 Å². The highest BCUT2D eigenvalue weighted by atomic mass is 35.5. The predicted octanol–water partition coefficient (Wildman–Crippen LogP) is 4.40. The molecule has 5 nitrogen and oxygen atoms in total. The van der Waals surface area contributed by atoms with Gasteiger partial charge in [0.25, 0.3) is 5.69 Å². The average Bonchev–Trinajstić information content (AvgIpc) is 2.85. The highest BCUT2D eigenvalue weighted by molar-refractivity contribution is 7.80. The monoisotopic (exact) mass is 347 g/mol. The number of para-hydroxylation sites is 1. The number of halogens is 1. The SMILES string of the molecule is CC1Cc2ccccc2N1C(=S)Nc1cc([N+](=O)[O-])ccc1Cl. The van der Waals surface area contributed by atoms with Gasteiger partial charge in [-0.3, -0.25) is 10.1 Å². The summed E-state index contributed by atoms with van der Waals surface area (Å²) in [7, 11) is 0. The second-order valence-electron chi connectivity index (χ2n) is 5.40. The number of rotatable bonds is 2. The second kappa shape index (κ2) is 6.14. The standard InChI is InChI=1S/C16H14ClN3O2S/c1-10-8-11-4-2-3-5-15(11)19(10)16(23)18-14-9-12(20(21)22)6-7-13(14)17/h2-7,9-10H,8H2,1H3,(H,18,23). The molecule has 118 valence electrons. The van der Waals surface area contributed by atoms with Gasteiger partial charge in [-0.25, -0.2) is 0 Å². The van der Waals surface area contributed by atoms with Crippen LogP contribution in [0.4, 0.5) is 17.1 Å². The van der Waals surface area contributed by atoms with E-state index >= 15 is 0 Å². The first kappa shape index (κ1) is 15.7. The summed E-state index contributed by atoms with van der Waals surface area (Å²) in [5.74, 6) is 0. The Morgan fingerprint density at radius 3 is 2.87 bits per heavy atom. The normalized spacial score (nSPS) is 16.1.